The normalized spacial score (nSPS) is 24.0. The van der Waals surface area contributed by atoms with Crippen molar-refractivity contribution in [1.29, 1.82) is 0 Å². The van der Waals surface area contributed by atoms with Gasteiger partial charge in [0.1, 0.15) is 9.77 Å². The number of ether oxygens (including phenoxy) is 1. The van der Waals surface area contributed by atoms with Crippen LogP contribution in [-0.2, 0) is 14.8 Å². The van der Waals surface area contributed by atoms with Gasteiger partial charge in [-0.3, -0.25) is 0 Å². The molecule has 1 aromatic rings. The Morgan fingerprint density at radius 3 is 2.90 bits per heavy atom. The standard InChI is InChI=1S/C13H20N2O4S2/c1-9-4-3-6-15(10(9)8-14)21(17,18)11-5-7-20-12(11)13(16)19-2/h5,7,9-10H,3-4,6,8,14H2,1-2H3. The van der Waals surface area contributed by atoms with Gasteiger partial charge >= 0.3 is 5.97 Å². The average Bonchev–Trinajstić information content (AvgIpc) is 2.96. The van der Waals surface area contributed by atoms with Crippen LogP contribution >= 0.6 is 11.3 Å². The topological polar surface area (TPSA) is 89.7 Å². The number of thiophene rings is 1. The van der Waals surface area contributed by atoms with Crippen molar-refractivity contribution in [3.8, 4) is 0 Å². The first-order valence-corrected chi connectivity index (χ1v) is 9.13. The summed E-state index contributed by atoms with van der Waals surface area (Å²) in [5.74, 6) is -0.420. The van der Waals surface area contributed by atoms with Gasteiger partial charge in [0.15, 0.2) is 0 Å². The van der Waals surface area contributed by atoms with Gasteiger partial charge in [0.2, 0.25) is 10.0 Å². The Bertz CT molecular complexity index is 611. The van der Waals surface area contributed by atoms with Crippen molar-refractivity contribution in [1.82, 2.24) is 4.31 Å². The fourth-order valence-electron chi connectivity index (χ4n) is 2.73. The lowest BCUT2D eigenvalue weighted by Gasteiger charge is -2.38. The van der Waals surface area contributed by atoms with E-state index in [0.29, 0.717) is 6.54 Å². The van der Waals surface area contributed by atoms with E-state index in [1.54, 1.807) is 5.38 Å². The quantitative estimate of drug-likeness (QED) is 0.839. The van der Waals surface area contributed by atoms with E-state index >= 15 is 0 Å². The molecule has 21 heavy (non-hydrogen) atoms. The molecule has 0 bridgehead atoms. The molecule has 1 saturated heterocycles. The highest BCUT2D eigenvalue weighted by Crippen LogP contribution is 2.32. The Hall–Kier alpha value is -0.960. The van der Waals surface area contributed by atoms with Gasteiger partial charge in [-0.2, -0.15) is 4.31 Å². The molecular weight excluding hydrogens is 312 g/mol. The lowest BCUT2D eigenvalue weighted by molar-refractivity contribution is 0.0602. The molecule has 1 aliphatic rings. The maximum absolute atomic E-state index is 12.9. The molecule has 0 spiro atoms. The molecule has 0 radical (unpaired) electrons. The molecule has 0 saturated carbocycles. The molecule has 2 rings (SSSR count). The summed E-state index contributed by atoms with van der Waals surface area (Å²) in [7, 11) is -2.50. The zero-order valence-electron chi connectivity index (χ0n) is 12.1. The molecular formula is C13H20N2O4S2. The number of esters is 1. The van der Waals surface area contributed by atoms with E-state index in [9.17, 15) is 13.2 Å². The van der Waals surface area contributed by atoms with Crippen LogP contribution in [0.1, 0.15) is 29.4 Å². The molecule has 1 aliphatic heterocycles. The van der Waals surface area contributed by atoms with Crippen molar-refractivity contribution in [2.45, 2.75) is 30.7 Å². The highest BCUT2D eigenvalue weighted by molar-refractivity contribution is 7.89. The lowest BCUT2D eigenvalue weighted by Crippen LogP contribution is -2.51. The van der Waals surface area contributed by atoms with Crippen molar-refractivity contribution in [3.63, 3.8) is 0 Å². The van der Waals surface area contributed by atoms with E-state index < -0.39 is 16.0 Å². The Labute approximate surface area is 128 Å². The van der Waals surface area contributed by atoms with E-state index in [-0.39, 0.29) is 28.3 Å². The fraction of sp³-hybridized carbons (Fsp3) is 0.615. The predicted molar refractivity (Wildman–Crippen MR) is 80.8 cm³/mol. The highest BCUT2D eigenvalue weighted by atomic mass is 32.2. The number of hydrogen-bond acceptors (Lipinski definition) is 6. The third-order valence-corrected chi connectivity index (χ3v) is 6.88. The summed E-state index contributed by atoms with van der Waals surface area (Å²) in [6, 6.07) is 1.23. The number of carbonyl (C=O) groups excluding carboxylic acids is 1. The van der Waals surface area contributed by atoms with Crippen LogP contribution in [0.2, 0.25) is 0 Å². The molecule has 0 aromatic carbocycles. The Balaban J connectivity index is 2.42. The van der Waals surface area contributed by atoms with Crippen molar-refractivity contribution in [3.05, 3.63) is 16.3 Å². The molecule has 118 valence electrons. The summed E-state index contributed by atoms with van der Waals surface area (Å²) in [6.45, 7) is 2.72. The van der Waals surface area contributed by atoms with Gasteiger partial charge in [-0.1, -0.05) is 6.92 Å². The second-order valence-electron chi connectivity index (χ2n) is 5.14. The van der Waals surface area contributed by atoms with Crippen LogP contribution in [0.25, 0.3) is 0 Å². The van der Waals surface area contributed by atoms with E-state index in [0.717, 1.165) is 24.2 Å². The highest BCUT2D eigenvalue weighted by Gasteiger charge is 2.38. The first-order valence-electron chi connectivity index (χ1n) is 6.81. The van der Waals surface area contributed by atoms with Crippen molar-refractivity contribution in [2.24, 2.45) is 11.7 Å². The maximum Gasteiger partial charge on any atom is 0.349 e. The fourth-order valence-corrected chi connectivity index (χ4v) is 5.81. The largest absolute Gasteiger partial charge is 0.465 e. The Morgan fingerprint density at radius 2 is 2.29 bits per heavy atom. The first-order chi connectivity index (χ1) is 9.93. The van der Waals surface area contributed by atoms with Crippen LogP contribution < -0.4 is 5.73 Å². The molecule has 6 nitrogen and oxygen atoms in total. The number of hydrogen-bond donors (Lipinski definition) is 1. The number of sulfonamides is 1. The molecule has 0 aliphatic carbocycles. The second kappa shape index (κ2) is 6.43. The molecule has 1 aromatic heterocycles. The van der Waals surface area contributed by atoms with E-state index in [1.165, 1.54) is 17.5 Å². The zero-order chi connectivity index (χ0) is 15.6. The minimum Gasteiger partial charge on any atom is -0.465 e. The van der Waals surface area contributed by atoms with E-state index in [1.807, 2.05) is 6.92 Å². The number of nitrogens with two attached hydrogens (primary N) is 1. The van der Waals surface area contributed by atoms with Crippen LogP contribution in [0, 0.1) is 5.92 Å². The minimum atomic E-state index is -3.74. The maximum atomic E-state index is 12.9. The van der Waals surface area contributed by atoms with Gasteiger partial charge in [0.05, 0.1) is 7.11 Å². The third-order valence-electron chi connectivity index (χ3n) is 3.89. The summed E-state index contributed by atoms with van der Waals surface area (Å²) >= 11 is 1.07. The van der Waals surface area contributed by atoms with Crippen LogP contribution in [0.4, 0.5) is 0 Å². The first kappa shape index (κ1) is 16.4. The molecule has 1 fully saturated rings. The lowest BCUT2D eigenvalue weighted by atomic mass is 9.93. The van der Waals surface area contributed by atoms with Gasteiger partial charge in [-0.05, 0) is 30.2 Å². The van der Waals surface area contributed by atoms with Gasteiger partial charge in [0, 0.05) is 19.1 Å². The minimum absolute atomic E-state index is 0.0203. The van der Waals surface area contributed by atoms with Crippen LogP contribution in [0.5, 0.6) is 0 Å². The smallest absolute Gasteiger partial charge is 0.349 e. The molecule has 2 unspecified atom stereocenters. The van der Waals surface area contributed by atoms with Crippen molar-refractivity contribution >= 4 is 27.3 Å². The van der Waals surface area contributed by atoms with E-state index in [4.69, 9.17) is 5.73 Å². The number of methoxy groups -OCH3 is 1. The van der Waals surface area contributed by atoms with Crippen LogP contribution in [-0.4, -0.2) is 44.9 Å². The van der Waals surface area contributed by atoms with E-state index in [2.05, 4.69) is 4.74 Å². The van der Waals surface area contributed by atoms with Gasteiger partial charge in [-0.25, -0.2) is 13.2 Å². The summed E-state index contributed by atoms with van der Waals surface area (Å²) in [4.78, 5) is 11.9. The number of rotatable bonds is 4. The van der Waals surface area contributed by atoms with Gasteiger partial charge in [0.25, 0.3) is 0 Å². The average molecular weight is 332 g/mol. The molecule has 2 heterocycles. The van der Waals surface area contributed by atoms with Crippen LogP contribution in [0.15, 0.2) is 16.3 Å². The summed E-state index contributed by atoms with van der Waals surface area (Å²) < 4.78 is 31.8. The second-order valence-corrected chi connectivity index (χ2v) is 7.92. The number of nitrogens with zero attached hydrogens (tertiary/aromatic N) is 1. The number of carbonyl (C=O) groups is 1. The van der Waals surface area contributed by atoms with Crippen molar-refractivity contribution < 1.29 is 17.9 Å². The molecule has 2 atom stereocenters. The molecule has 2 N–H and O–H groups in total. The monoisotopic (exact) mass is 332 g/mol. The zero-order valence-corrected chi connectivity index (χ0v) is 13.7. The SMILES string of the molecule is COC(=O)c1sccc1S(=O)(=O)N1CCCC(C)C1CN. The predicted octanol–water partition coefficient (Wildman–Crippen LogP) is 1.28. The third kappa shape index (κ3) is 2.98. The Morgan fingerprint density at radius 1 is 1.57 bits per heavy atom. The van der Waals surface area contributed by atoms with Crippen molar-refractivity contribution in [2.75, 3.05) is 20.2 Å². The van der Waals surface area contributed by atoms with Crippen LogP contribution in [0.3, 0.4) is 0 Å². The number of piperidine rings is 1. The Kier molecular flexibility index (Phi) is 5.03. The molecule has 8 heteroatoms. The van der Waals surface area contributed by atoms with Gasteiger partial charge in [-0.15, -0.1) is 11.3 Å². The summed E-state index contributed by atoms with van der Waals surface area (Å²) in [6.07, 6.45) is 1.76. The summed E-state index contributed by atoms with van der Waals surface area (Å²) in [5.41, 5.74) is 5.76. The van der Waals surface area contributed by atoms with Gasteiger partial charge < -0.3 is 10.5 Å². The molecule has 0 amide bonds. The summed E-state index contributed by atoms with van der Waals surface area (Å²) in [5, 5.41) is 1.59.